The first-order chi connectivity index (χ1) is 9.40. The number of ether oxygens (including phenoxy) is 2. The molecule has 0 unspecified atom stereocenters. The number of hydrogen-bond donors (Lipinski definition) is 1. The highest BCUT2D eigenvalue weighted by Crippen LogP contribution is 2.20. The van der Waals surface area contributed by atoms with Crippen molar-refractivity contribution in [3.05, 3.63) is 29.8 Å². The molecule has 1 fully saturated rings. The van der Waals surface area contributed by atoms with Gasteiger partial charge in [0.1, 0.15) is 5.75 Å². The first-order valence-electron chi connectivity index (χ1n) is 7.03. The Balaban J connectivity index is 1.87. The highest BCUT2D eigenvalue weighted by Gasteiger charge is 2.12. The molecule has 1 aliphatic rings. The summed E-state index contributed by atoms with van der Waals surface area (Å²) in [5.41, 5.74) is 1.28. The van der Waals surface area contributed by atoms with Crippen LogP contribution >= 0.6 is 0 Å². The summed E-state index contributed by atoms with van der Waals surface area (Å²) in [7, 11) is 1.72. The smallest absolute Gasteiger partial charge is 0.123 e. The molecule has 0 spiro atoms. The van der Waals surface area contributed by atoms with Gasteiger partial charge in [-0.05, 0) is 6.07 Å². The number of methoxy groups -OCH3 is 1. The standard InChI is InChI=1S/C15H24N2O2/c1-18-11-4-12-19-15-6-3-2-5-14(15)13-17-9-7-16-8-10-17/h2-3,5-6,16H,4,7-13H2,1H3. The Bertz CT molecular complexity index is 365. The molecule has 0 bridgehead atoms. The van der Waals surface area contributed by atoms with Crippen molar-refractivity contribution in [1.29, 1.82) is 0 Å². The quantitative estimate of drug-likeness (QED) is 0.757. The first-order valence-corrected chi connectivity index (χ1v) is 7.03. The molecule has 0 saturated carbocycles. The molecule has 1 aromatic rings. The van der Waals surface area contributed by atoms with Gasteiger partial charge in [0.25, 0.3) is 0 Å². The van der Waals surface area contributed by atoms with Gasteiger partial charge < -0.3 is 14.8 Å². The lowest BCUT2D eigenvalue weighted by Crippen LogP contribution is -2.42. The summed E-state index contributed by atoms with van der Waals surface area (Å²) < 4.78 is 10.9. The van der Waals surface area contributed by atoms with Gasteiger partial charge in [0.2, 0.25) is 0 Å². The lowest BCUT2D eigenvalue weighted by molar-refractivity contribution is 0.170. The fraction of sp³-hybridized carbons (Fsp3) is 0.600. The molecule has 0 aliphatic carbocycles. The lowest BCUT2D eigenvalue weighted by Gasteiger charge is -2.27. The summed E-state index contributed by atoms with van der Waals surface area (Å²) in [6.07, 6.45) is 0.929. The van der Waals surface area contributed by atoms with Gasteiger partial charge in [0, 0.05) is 58.4 Å². The van der Waals surface area contributed by atoms with Crippen LogP contribution < -0.4 is 10.1 Å². The predicted octanol–water partition coefficient (Wildman–Crippen LogP) is 1.51. The van der Waals surface area contributed by atoms with Crippen LogP contribution in [0.15, 0.2) is 24.3 Å². The van der Waals surface area contributed by atoms with E-state index in [-0.39, 0.29) is 0 Å². The molecule has 4 heteroatoms. The molecule has 19 heavy (non-hydrogen) atoms. The van der Waals surface area contributed by atoms with Crippen molar-refractivity contribution in [3.8, 4) is 5.75 Å². The zero-order valence-corrected chi connectivity index (χ0v) is 11.7. The highest BCUT2D eigenvalue weighted by molar-refractivity contribution is 5.33. The molecule has 1 heterocycles. The average Bonchev–Trinajstić information content (AvgIpc) is 2.46. The summed E-state index contributed by atoms with van der Waals surface area (Å²) in [6.45, 7) is 6.82. The van der Waals surface area contributed by atoms with Crippen molar-refractivity contribution < 1.29 is 9.47 Å². The van der Waals surface area contributed by atoms with Crippen molar-refractivity contribution in [2.75, 3.05) is 46.5 Å². The van der Waals surface area contributed by atoms with Crippen LogP contribution in [-0.2, 0) is 11.3 Å². The third kappa shape index (κ3) is 4.82. The van der Waals surface area contributed by atoms with Gasteiger partial charge in [-0.1, -0.05) is 18.2 Å². The molecule has 1 aliphatic heterocycles. The largest absolute Gasteiger partial charge is 0.493 e. The maximum absolute atomic E-state index is 5.86. The van der Waals surface area contributed by atoms with Crippen molar-refractivity contribution in [2.45, 2.75) is 13.0 Å². The maximum Gasteiger partial charge on any atom is 0.123 e. The molecule has 0 amide bonds. The van der Waals surface area contributed by atoms with Crippen LogP contribution in [-0.4, -0.2) is 51.4 Å². The molecule has 4 nitrogen and oxygen atoms in total. The number of rotatable bonds is 7. The Morgan fingerprint density at radius 3 is 2.74 bits per heavy atom. The molecule has 106 valence electrons. The van der Waals surface area contributed by atoms with Crippen molar-refractivity contribution in [2.24, 2.45) is 0 Å². The summed E-state index contributed by atoms with van der Waals surface area (Å²) in [6, 6.07) is 8.34. The Hall–Kier alpha value is -1.10. The van der Waals surface area contributed by atoms with E-state index in [2.05, 4.69) is 28.4 Å². The highest BCUT2D eigenvalue weighted by atomic mass is 16.5. The number of nitrogens with zero attached hydrogens (tertiary/aromatic N) is 1. The van der Waals surface area contributed by atoms with E-state index in [1.165, 1.54) is 5.56 Å². The Morgan fingerprint density at radius 1 is 1.16 bits per heavy atom. The van der Waals surface area contributed by atoms with Crippen LogP contribution in [0.1, 0.15) is 12.0 Å². The van der Waals surface area contributed by atoms with E-state index in [4.69, 9.17) is 9.47 Å². The normalized spacial score (nSPS) is 16.5. The fourth-order valence-electron chi connectivity index (χ4n) is 2.27. The van der Waals surface area contributed by atoms with Crippen LogP contribution in [0, 0.1) is 0 Å². The van der Waals surface area contributed by atoms with Gasteiger partial charge in [-0.2, -0.15) is 0 Å². The van der Waals surface area contributed by atoms with E-state index < -0.39 is 0 Å². The molecule has 0 atom stereocenters. The topological polar surface area (TPSA) is 33.7 Å². The fourth-order valence-corrected chi connectivity index (χ4v) is 2.27. The molecule has 1 aromatic carbocycles. The van der Waals surface area contributed by atoms with Crippen molar-refractivity contribution in [1.82, 2.24) is 10.2 Å². The summed E-state index contributed by atoms with van der Waals surface area (Å²) in [5.74, 6) is 1.01. The Morgan fingerprint density at radius 2 is 1.95 bits per heavy atom. The zero-order chi connectivity index (χ0) is 13.3. The van der Waals surface area contributed by atoms with E-state index >= 15 is 0 Å². The van der Waals surface area contributed by atoms with E-state index in [9.17, 15) is 0 Å². The number of piperazine rings is 1. The van der Waals surface area contributed by atoms with Crippen molar-refractivity contribution in [3.63, 3.8) is 0 Å². The molecule has 1 N–H and O–H groups in total. The van der Waals surface area contributed by atoms with Gasteiger partial charge in [0.05, 0.1) is 6.61 Å². The minimum Gasteiger partial charge on any atom is -0.493 e. The number of para-hydroxylation sites is 1. The van der Waals surface area contributed by atoms with Gasteiger partial charge in [-0.25, -0.2) is 0 Å². The average molecular weight is 264 g/mol. The Kier molecular flexibility index (Phi) is 6.14. The third-order valence-corrected chi connectivity index (χ3v) is 3.33. The lowest BCUT2D eigenvalue weighted by atomic mass is 10.1. The van der Waals surface area contributed by atoms with Crippen LogP contribution in [0.4, 0.5) is 0 Å². The van der Waals surface area contributed by atoms with E-state index in [1.807, 2.05) is 6.07 Å². The maximum atomic E-state index is 5.86. The molecule has 2 rings (SSSR count). The second-order valence-corrected chi connectivity index (χ2v) is 4.83. The number of nitrogens with one attached hydrogen (secondary N) is 1. The number of hydrogen-bond acceptors (Lipinski definition) is 4. The summed E-state index contributed by atoms with van der Waals surface area (Å²) in [4.78, 5) is 2.47. The minimum atomic E-state index is 0.715. The first kappa shape index (κ1) is 14.3. The number of benzene rings is 1. The molecule has 1 saturated heterocycles. The monoisotopic (exact) mass is 264 g/mol. The zero-order valence-electron chi connectivity index (χ0n) is 11.7. The van der Waals surface area contributed by atoms with Gasteiger partial charge in [0.15, 0.2) is 0 Å². The van der Waals surface area contributed by atoms with Crippen LogP contribution in [0.3, 0.4) is 0 Å². The SMILES string of the molecule is COCCCOc1ccccc1CN1CCNCC1. The summed E-state index contributed by atoms with van der Waals surface area (Å²) in [5, 5.41) is 3.38. The van der Waals surface area contributed by atoms with E-state index in [0.29, 0.717) is 6.61 Å². The van der Waals surface area contributed by atoms with Gasteiger partial charge >= 0.3 is 0 Å². The second kappa shape index (κ2) is 8.15. The van der Waals surface area contributed by atoms with E-state index in [0.717, 1.165) is 51.5 Å². The van der Waals surface area contributed by atoms with E-state index in [1.54, 1.807) is 7.11 Å². The second-order valence-electron chi connectivity index (χ2n) is 4.83. The third-order valence-electron chi connectivity index (χ3n) is 3.33. The van der Waals surface area contributed by atoms with Crippen molar-refractivity contribution >= 4 is 0 Å². The molecule has 0 aromatic heterocycles. The minimum absolute atomic E-state index is 0.715. The Labute approximate surface area is 115 Å². The van der Waals surface area contributed by atoms with Crippen LogP contribution in [0.25, 0.3) is 0 Å². The van der Waals surface area contributed by atoms with Gasteiger partial charge in [-0.15, -0.1) is 0 Å². The van der Waals surface area contributed by atoms with Gasteiger partial charge in [-0.3, -0.25) is 4.90 Å². The summed E-state index contributed by atoms with van der Waals surface area (Å²) >= 11 is 0. The van der Waals surface area contributed by atoms with Crippen LogP contribution in [0.2, 0.25) is 0 Å². The molecule has 0 radical (unpaired) electrons. The molecular weight excluding hydrogens is 240 g/mol. The van der Waals surface area contributed by atoms with Crippen LogP contribution in [0.5, 0.6) is 5.75 Å². The molecular formula is C15H24N2O2. The predicted molar refractivity (Wildman–Crippen MR) is 76.6 cm³/mol.